The van der Waals surface area contributed by atoms with Gasteiger partial charge in [0.2, 0.25) is 0 Å². The van der Waals surface area contributed by atoms with Crippen LogP contribution >= 0.6 is 0 Å². The van der Waals surface area contributed by atoms with Crippen LogP contribution in [0.1, 0.15) is 24.2 Å². The summed E-state index contributed by atoms with van der Waals surface area (Å²) in [6.45, 7) is 4.31. The van der Waals surface area contributed by atoms with Gasteiger partial charge in [0.05, 0.1) is 13.1 Å². The number of rotatable bonds is 2. The normalized spacial score (nSPS) is 17.0. The van der Waals surface area contributed by atoms with Crippen molar-refractivity contribution >= 4 is 16.9 Å². The predicted molar refractivity (Wildman–Crippen MR) is 78.2 cm³/mol. The topological polar surface area (TPSA) is 70.8 Å². The molecule has 0 saturated carbocycles. The van der Waals surface area contributed by atoms with Crippen LogP contribution < -0.4 is 5.63 Å². The van der Waals surface area contributed by atoms with Crippen LogP contribution in [0.4, 0.5) is 0 Å². The fourth-order valence-corrected chi connectivity index (χ4v) is 2.50. The van der Waals surface area contributed by atoms with Crippen LogP contribution in [0.25, 0.3) is 11.0 Å². The Morgan fingerprint density at radius 1 is 1.33 bits per heavy atom. The molecule has 1 fully saturated rings. The second-order valence-corrected chi connectivity index (χ2v) is 5.90. The minimum absolute atomic E-state index is 0.0134. The number of para-hydroxylation sites is 1. The van der Waals surface area contributed by atoms with Crippen molar-refractivity contribution in [3.63, 3.8) is 0 Å². The molecule has 1 saturated heterocycles. The molecule has 0 unspecified atom stereocenters. The number of carbonyl (C=O) groups excluding carboxylic acids is 1. The average molecular weight is 287 g/mol. The highest BCUT2D eigenvalue weighted by Gasteiger charge is 2.46. The molecule has 5 heteroatoms. The van der Waals surface area contributed by atoms with Gasteiger partial charge in [-0.2, -0.15) is 0 Å². The maximum absolute atomic E-state index is 12.4. The molecule has 3 rings (SSSR count). The Hall–Kier alpha value is -2.14. The highest BCUT2D eigenvalue weighted by atomic mass is 16.4. The second-order valence-electron chi connectivity index (χ2n) is 5.90. The van der Waals surface area contributed by atoms with E-state index in [9.17, 15) is 14.7 Å². The summed E-state index contributed by atoms with van der Waals surface area (Å²) in [4.78, 5) is 25.8. The van der Waals surface area contributed by atoms with Crippen LogP contribution in [0, 0.1) is 5.92 Å². The van der Waals surface area contributed by atoms with Crippen molar-refractivity contribution in [1.29, 1.82) is 0 Å². The molecular weight excluding hydrogens is 270 g/mol. The second kappa shape index (κ2) is 4.70. The SMILES string of the molecule is CC(C)C1(O)CN(C(=O)c2cc3ccccc3oc2=O)C1. The standard InChI is InChI=1S/C16H17NO4/c1-10(2)16(20)8-17(9-16)14(18)12-7-11-5-3-4-6-13(11)21-15(12)19/h3-7,10,20H,8-9H2,1-2H3. The van der Waals surface area contributed by atoms with Gasteiger partial charge in [0, 0.05) is 5.39 Å². The van der Waals surface area contributed by atoms with E-state index < -0.39 is 11.2 Å². The van der Waals surface area contributed by atoms with Crippen molar-refractivity contribution in [2.24, 2.45) is 5.92 Å². The number of amides is 1. The van der Waals surface area contributed by atoms with E-state index in [4.69, 9.17) is 4.42 Å². The zero-order valence-electron chi connectivity index (χ0n) is 12.0. The summed E-state index contributed by atoms with van der Waals surface area (Å²) in [6, 6.07) is 8.61. The third kappa shape index (κ3) is 2.23. The van der Waals surface area contributed by atoms with Gasteiger partial charge >= 0.3 is 5.63 Å². The first-order chi connectivity index (χ1) is 9.90. The van der Waals surface area contributed by atoms with Crippen LogP contribution in [0.2, 0.25) is 0 Å². The molecule has 0 spiro atoms. The number of aliphatic hydroxyl groups is 1. The van der Waals surface area contributed by atoms with E-state index in [0.717, 1.165) is 0 Å². The minimum atomic E-state index is -0.854. The molecule has 0 bridgehead atoms. The number of fused-ring (bicyclic) bond motifs is 1. The van der Waals surface area contributed by atoms with Gasteiger partial charge in [-0.25, -0.2) is 4.79 Å². The van der Waals surface area contributed by atoms with Gasteiger partial charge in [0.1, 0.15) is 16.7 Å². The summed E-state index contributed by atoms with van der Waals surface area (Å²) in [5.41, 5.74) is -1.02. The Bertz CT molecular complexity index is 756. The number of carbonyl (C=O) groups is 1. The van der Waals surface area contributed by atoms with Crippen LogP contribution in [-0.2, 0) is 0 Å². The molecule has 2 heterocycles. The smallest absolute Gasteiger partial charge is 0.349 e. The maximum Gasteiger partial charge on any atom is 0.349 e. The van der Waals surface area contributed by atoms with E-state index >= 15 is 0 Å². The number of nitrogens with zero attached hydrogens (tertiary/aromatic N) is 1. The van der Waals surface area contributed by atoms with E-state index in [-0.39, 0.29) is 30.5 Å². The summed E-state index contributed by atoms with van der Waals surface area (Å²) in [5, 5.41) is 10.9. The first-order valence-electron chi connectivity index (χ1n) is 6.95. The number of hydrogen-bond donors (Lipinski definition) is 1. The summed E-state index contributed by atoms with van der Waals surface area (Å²) >= 11 is 0. The molecule has 0 radical (unpaired) electrons. The van der Waals surface area contributed by atoms with Crippen molar-refractivity contribution in [1.82, 2.24) is 4.90 Å². The fourth-order valence-electron chi connectivity index (χ4n) is 2.50. The highest BCUT2D eigenvalue weighted by Crippen LogP contribution is 2.29. The summed E-state index contributed by atoms with van der Waals surface area (Å²) in [7, 11) is 0. The average Bonchev–Trinajstić information content (AvgIpc) is 2.42. The van der Waals surface area contributed by atoms with Crippen molar-refractivity contribution in [2.75, 3.05) is 13.1 Å². The fraction of sp³-hybridized carbons (Fsp3) is 0.375. The third-order valence-electron chi connectivity index (χ3n) is 4.16. The van der Waals surface area contributed by atoms with E-state index in [0.29, 0.717) is 11.0 Å². The lowest BCUT2D eigenvalue weighted by Gasteiger charge is -2.48. The molecule has 1 aliphatic rings. The monoisotopic (exact) mass is 287 g/mol. The first kappa shape index (κ1) is 13.8. The largest absolute Gasteiger partial charge is 0.422 e. The van der Waals surface area contributed by atoms with Crippen LogP contribution in [0.5, 0.6) is 0 Å². The molecule has 110 valence electrons. The van der Waals surface area contributed by atoms with Crippen LogP contribution in [-0.4, -0.2) is 34.6 Å². The summed E-state index contributed by atoms with van der Waals surface area (Å²) in [5.74, 6) is -0.325. The molecule has 2 aromatic rings. The van der Waals surface area contributed by atoms with Gasteiger partial charge in [-0.1, -0.05) is 32.0 Å². The lowest BCUT2D eigenvalue weighted by atomic mass is 9.82. The number of hydrogen-bond acceptors (Lipinski definition) is 4. The maximum atomic E-state index is 12.4. The molecule has 1 aliphatic heterocycles. The van der Waals surface area contributed by atoms with Crippen LogP contribution in [0.15, 0.2) is 39.5 Å². The number of likely N-dealkylation sites (tertiary alicyclic amines) is 1. The lowest BCUT2D eigenvalue weighted by molar-refractivity contribution is -0.110. The Morgan fingerprint density at radius 3 is 2.67 bits per heavy atom. The number of β-amino-alcohol motifs (C(OH)–C–C–N with tert-alkyl or cyclic N) is 1. The molecule has 0 aliphatic carbocycles. The zero-order chi connectivity index (χ0) is 15.2. The molecular formula is C16H17NO4. The Morgan fingerprint density at radius 2 is 2.00 bits per heavy atom. The van der Waals surface area contributed by atoms with Crippen molar-refractivity contribution in [3.05, 3.63) is 46.3 Å². The summed E-state index contributed by atoms with van der Waals surface area (Å²) in [6.07, 6.45) is 0. The van der Waals surface area contributed by atoms with Crippen molar-refractivity contribution in [2.45, 2.75) is 19.4 Å². The molecule has 21 heavy (non-hydrogen) atoms. The molecule has 1 aromatic carbocycles. The predicted octanol–water partition coefficient (Wildman–Crippen LogP) is 1.64. The minimum Gasteiger partial charge on any atom is -0.422 e. The molecule has 5 nitrogen and oxygen atoms in total. The Balaban J connectivity index is 1.90. The van der Waals surface area contributed by atoms with E-state index in [1.54, 1.807) is 24.3 Å². The number of benzene rings is 1. The molecule has 1 amide bonds. The van der Waals surface area contributed by atoms with Gasteiger partial charge in [-0.15, -0.1) is 0 Å². The van der Waals surface area contributed by atoms with Crippen molar-refractivity contribution < 1.29 is 14.3 Å². The van der Waals surface area contributed by atoms with Crippen LogP contribution in [0.3, 0.4) is 0 Å². The molecule has 1 aromatic heterocycles. The lowest BCUT2D eigenvalue weighted by Crippen LogP contribution is -2.66. The van der Waals surface area contributed by atoms with Gasteiger partial charge in [0.25, 0.3) is 5.91 Å². The van der Waals surface area contributed by atoms with E-state index in [1.165, 1.54) is 4.90 Å². The molecule has 1 N–H and O–H groups in total. The third-order valence-corrected chi connectivity index (χ3v) is 4.16. The van der Waals surface area contributed by atoms with Gasteiger partial charge in [-0.05, 0) is 18.1 Å². The van der Waals surface area contributed by atoms with E-state index in [1.807, 2.05) is 19.9 Å². The highest BCUT2D eigenvalue weighted by molar-refractivity contribution is 5.97. The zero-order valence-corrected chi connectivity index (χ0v) is 12.0. The molecule has 0 atom stereocenters. The first-order valence-corrected chi connectivity index (χ1v) is 6.95. The van der Waals surface area contributed by atoms with Gasteiger partial charge in [0.15, 0.2) is 0 Å². The summed E-state index contributed by atoms with van der Waals surface area (Å²) < 4.78 is 5.17. The van der Waals surface area contributed by atoms with Crippen molar-refractivity contribution in [3.8, 4) is 0 Å². The van der Waals surface area contributed by atoms with Gasteiger partial charge in [-0.3, -0.25) is 4.79 Å². The quantitative estimate of drug-likeness (QED) is 0.852. The van der Waals surface area contributed by atoms with E-state index in [2.05, 4.69) is 0 Å². The Labute approximate surface area is 121 Å². The Kier molecular flexibility index (Phi) is 3.10. The van der Waals surface area contributed by atoms with Gasteiger partial charge < -0.3 is 14.4 Å².